The van der Waals surface area contributed by atoms with Crippen molar-refractivity contribution in [3.8, 4) is 0 Å². The van der Waals surface area contributed by atoms with Crippen LogP contribution in [-0.4, -0.2) is 16.9 Å². The molecule has 0 unspecified atom stereocenters. The van der Waals surface area contributed by atoms with E-state index in [2.05, 4.69) is 0 Å². The molecule has 92 valence electrons. The lowest BCUT2D eigenvalue weighted by Crippen LogP contribution is -2.10. The predicted octanol–water partition coefficient (Wildman–Crippen LogP) is 2.65. The topological polar surface area (TPSA) is 54.4 Å². The van der Waals surface area contributed by atoms with Crippen LogP contribution in [0.3, 0.4) is 0 Å². The third-order valence-corrected chi connectivity index (χ3v) is 2.24. The smallest absolute Gasteiger partial charge is 0.303 e. The number of hydrogen-bond acceptors (Lipinski definition) is 2. The molecule has 0 heterocycles. The van der Waals surface area contributed by atoms with E-state index in [-0.39, 0.29) is 24.3 Å². The molecule has 0 saturated heterocycles. The molecule has 0 amide bonds. The first kappa shape index (κ1) is 13.3. The average Bonchev–Trinajstić information content (AvgIpc) is 2.14. The Hall–Kier alpha value is -1.78. The fourth-order valence-electron chi connectivity index (χ4n) is 1.52. The number of hydrogen-bond donors (Lipinski definition) is 1. The maximum Gasteiger partial charge on any atom is 0.303 e. The van der Waals surface area contributed by atoms with Crippen LogP contribution in [-0.2, 0) is 4.79 Å². The summed E-state index contributed by atoms with van der Waals surface area (Å²) in [5, 5.41) is 8.52. The molecule has 0 aliphatic rings. The molecule has 1 N–H and O–H groups in total. The summed E-state index contributed by atoms with van der Waals surface area (Å²) in [6.45, 7) is 1.60. The fourth-order valence-corrected chi connectivity index (χ4v) is 1.52. The minimum absolute atomic E-state index is 0.0464. The Balaban J connectivity index is 2.72. The van der Waals surface area contributed by atoms with Gasteiger partial charge >= 0.3 is 5.97 Å². The minimum Gasteiger partial charge on any atom is -0.481 e. The van der Waals surface area contributed by atoms with Crippen LogP contribution >= 0.6 is 0 Å². The molecule has 3 nitrogen and oxygen atoms in total. The number of ketones is 1. The number of rotatable bonds is 5. The molecule has 17 heavy (non-hydrogen) atoms. The predicted molar refractivity (Wildman–Crippen MR) is 56.7 cm³/mol. The van der Waals surface area contributed by atoms with Gasteiger partial charge in [-0.25, -0.2) is 8.78 Å². The first-order chi connectivity index (χ1) is 7.88. The van der Waals surface area contributed by atoms with Crippen LogP contribution in [0.2, 0.25) is 0 Å². The molecule has 1 atom stereocenters. The number of halogens is 2. The third kappa shape index (κ3) is 4.30. The van der Waals surface area contributed by atoms with Crippen molar-refractivity contribution in [2.24, 2.45) is 5.92 Å². The standard InChI is InChI=1S/C12H12F2O3/c1-7(3-12(16)17)2-11(15)8-4-9(13)6-10(14)5-8/h4-7H,2-3H2,1H3,(H,16,17)/t7-/m1/s1. The third-order valence-electron chi connectivity index (χ3n) is 2.24. The number of carboxylic acid groups (broad SMARTS) is 1. The van der Waals surface area contributed by atoms with Crippen LogP contribution in [0.5, 0.6) is 0 Å². The van der Waals surface area contributed by atoms with Crippen LogP contribution in [0, 0.1) is 17.6 Å². The zero-order valence-electron chi connectivity index (χ0n) is 9.24. The largest absolute Gasteiger partial charge is 0.481 e. The lowest BCUT2D eigenvalue weighted by Gasteiger charge is -2.07. The molecule has 0 aliphatic heterocycles. The highest BCUT2D eigenvalue weighted by atomic mass is 19.1. The summed E-state index contributed by atoms with van der Waals surface area (Å²) in [6.07, 6.45) is -0.196. The molecule has 0 saturated carbocycles. The van der Waals surface area contributed by atoms with Gasteiger partial charge in [0.15, 0.2) is 5.78 Å². The van der Waals surface area contributed by atoms with Crippen molar-refractivity contribution >= 4 is 11.8 Å². The summed E-state index contributed by atoms with van der Waals surface area (Å²) in [7, 11) is 0. The molecule has 0 aliphatic carbocycles. The zero-order chi connectivity index (χ0) is 13.0. The normalized spacial score (nSPS) is 12.2. The summed E-state index contributed by atoms with van der Waals surface area (Å²) in [6, 6.07) is 2.56. The quantitative estimate of drug-likeness (QED) is 0.807. The summed E-state index contributed by atoms with van der Waals surface area (Å²) >= 11 is 0. The molecule has 0 fully saturated rings. The van der Waals surface area contributed by atoms with E-state index < -0.39 is 23.4 Å². The van der Waals surface area contributed by atoms with Crippen molar-refractivity contribution in [2.45, 2.75) is 19.8 Å². The Morgan fingerprint density at radius 2 is 1.71 bits per heavy atom. The maximum absolute atomic E-state index is 12.8. The van der Waals surface area contributed by atoms with Crippen LogP contribution in [0.4, 0.5) is 8.78 Å². The van der Waals surface area contributed by atoms with Gasteiger partial charge in [0.25, 0.3) is 0 Å². The summed E-state index contributed by atoms with van der Waals surface area (Å²) in [5.74, 6) is -3.47. The number of Topliss-reactive ketones (excluding diaryl/α,β-unsaturated/α-hetero) is 1. The van der Waals surface area contributed by atoms with Gasteiger partial charge in [0, 0.05) is 24.5 Å². The van der Waals surface area contributed by atoms with E-state index in [0.717, 1.165) is 12.1 Å². The van der Waals surface area contributed by atoms with Crippen molar-refractivity contribution in [3.05, 3.63) is 35.4 Å². The van der Waals surface area contributed by atoms with Gasteiger partial charge in [-0.1, -0.05) is 6.92 Å². The second kappa shape index (κ2) is 5.52. The first-order valence-electron chi connectivity index (χ1n) is 5.09. The number of carbonyl (C=O) groups excluding carboxylic acids is 1. The highest BCUT2D eigenvalue weighted by Gasteiger charge is 2.15. The van der Waals surface area contributed by atoms with Crippen molar-refractivity contribution in [2.75, 3.05) is 0 Å². The highest BCUT2D eigenvalue weighted by Crippen LogP contribution is 2.15. The van der Waals surface area contributed by atoms with Gasteiger partial charge in [0.05, 0.1) is 0 Å². The number of carbonyl (C=O) groups is 2. The number of aliphatic carboxylic acids is 1. The molecule has 5 heteroatoms. The molecule has 0 aromatic heterocycles. The Morgan fingerprint density at radius 3 is 2.18 bits per heavy atom. The van der Waals surface area contributed by atoms with E-state index in [0.29, 0.717) is 6.07 Å². The number of carboxylic acids is 1. The van der Waals surface area contributed by atoms with Crippen molar-refractivity contribution in [3.63, 3.8) is 0 Å². The highest BCUT2D eigenvalue weighted by molar-refractivity contribution is 5.96. The first-order valence-corrected chi connectivity index (χ1v) is 5.09. The van der Waals surface area contributed by atoms with Gasteiger partial charge in [0.1, 0.15) is 11.6 Å². The monoisotopic (exact) mass is 242 g/mol. The maximum atomic E-state index is 12.8. The lowest BCUT2D eigenvalue weighted by atomic mass is 9.97. The molecule has 1 aromatic carbocycles. The van der Waals surface area contributed by atoms with Gasteiger partial charge in [-0.15, -0.1) is 0 Å². The van der Waals surface area contributed by atoms with Crippen LogP contribution in [0.15, 0.2) is 18.2 Å². The molecule has 1 aromatic rings. The molecular weight excluding hydrogens is 230 g/mol. The Kier molecular flexibility index (Phi) is 4.31. The zero-order valence-corrected chi connectivity index (χ0v) is 9.24. The molecule has 1 rings (SSSR count). The van der Waals surface area contributed by atoms with E-state index in [1.54, 1.807) is 6.92 Å². The lowest BCUT2D eigenvalue weighted by molar-refractivity contribution is -0.137. The summed E-state index contributed by atoms with van der Waals surface area (Å²) in [5.41, 5.74) is -0.0697. The molecular formula is C12H12F2O3. The van der Waals surface area contributed by atoms with Gasteiger partial charge < -0.3 is 5.11 Å². The van der Waals surface area contributed by atoms with Crippen LogP contribution in [0.1, 0.15) is 30.1 Å². The summed E-state index contributed by atoms with van der Waals surface area (Å²) in [4.78, 5) is 22.0. The molecule has 0 bridgehead atoms. The van der Waals surface area contributed by atoms with Crippen molar-refractivity contribution < 1.29 is 23.5 Å². The van der Waals surface area contributed by atoms with Crippen molar-refractivity contribution in [1.29, 1.82) is 0 Å². The van der Waals surface area contributed by atoms with E-state index >= 15 is 0 Å². The van der Waals surface area contributed by atoms with E-state index in [1.807, 2.05) is 0 Å². The average molecular weight is 242 g/mol. The van der Waals surface area contributed by atoms with Crippen LogP contribution in [0.25, 0.3) is 0 Å². The Labute approximate surface area is 97.1 Å². The molecule has 0 radical (unpaired) electrons. The van der Waals surface area contributed by atoms with E-state index in [1.165, 1.54) is 0 Å². The van der Waals surface area contributed by atoms with Crippen molar-refractivity contribution in [1.82, 2.24) is 0 Å². The van der Waals surface area contributed by atoms with Crippen LogP contribution < -0.4 is 0 Å². The van der Waals surface area contributed by atoms with Gasteiger partial charge in [-0.05, 0) is 18.1 Å². The minimum atomic E-state index is -1.00. The fraction of sp³-hybridized carbons (Fsp3) is 0.333. The van der Waals surface area contributed by atoms with Gasteiger partial charge in [-0.2, -0.15) is 0 Å². The second-order valence-electron chi connectivity index (χ2n) is 3.99. The Bertz CT molecular complexity index is 423. The van der Waals surface area contributed by atoms with Gasteiger partial charge in [-0.3, -0.25) is 9.59 Å². The van der Waals surface area contributed by atoms with E-state index in [4.69, 9.17) is 5.11 Å². The summed E-state index contributed by atoms with van der Waals surface area (Å²) < 4.78 is 25.7. The molecule has 0 spiro atoms. The second-order valence-corrected chi connectivity index (χ2v) is 3.99. The SMILES string of the molecule is C[C@@H](CC(=O)O)CC(=O)c1cc(F)cc(F)c1. The Morgan fingerprint density at radius 1 is 1.18 bits per heavy atom. The van der Waals surface area contributed by atoms with Gasteiger partial charge in [0.2, 0.25) is 0 Å². The van der Waals surface area contributed by atoms with E-state index in [9.17, 15) is 18.4 Å². The number of benzene rings is 1.